The number of hydrogen-bond donors (Lipinski definition) is 1. The van der Waals surface area contributed by atoms with Crippen LogP contribution < -0.4 is 9.46 Å². The molecule has 2 heterocycles. The lowest BCUT2D eigenvalue weighted by Crippen LogP contribution is -2.25. The van der Waals surface area contributed by atoms with E-state index in [1.807, 2.05) is 38.1 Å². The van der Waals surface area contributed by atoms with Gasteiger partial charge in [-0.05, 0) is 51.0 Å². The highest BCUT2D eigenvalue weighted by Gasteiger charge is 2.30. The van der Waals surface area contributed by atoms with Crippen LogP contribution in [0.2, 0.25) is 0 Å². The Labute approximate surface area is 156 Å². The summed E-state index contributed by atoms with van der Waals surface area (Å²) in [5, 5.41) is 3.78. The van der Waals surface area contributed by atoms with Crippen LogP contribution in [0.5, 0.6) is 5.75 Å². The predicted octanol–water partition coefficient (Wildman–Crippen LogP) is 3.22. The minimum atomic E-state index is -3.67. The standard InChI is InChI=1S/C18H19N3O5S/c1-11(2)24-14-5-3-4-12(10-14)17-19-18(26-20-17)15-8-9-16(25-15)27(22,23)21-13-6-7-13/h3-5,8-11,13,21H,6-7H2,1-2H3. The molecule has 1 fully saturated rings. The number of ether oxygens (including phenoxy) is 1. The Morgan fingerprint density at radius 3 is 2.78 bits per heavy atom. The van der Waals surface area contributed by atoms with Crippen molar-refractivity contribution in [2.24, 2.45) is 0 Å². The Morgan fingerprint density at radius 1 is 1.22 bits per heavy atom. The van der Waals surface area contributed by atoms with Gasteiger partial charge in [0.05, 0.1) is 6.10 Å². The molecule has 1 aliphatic rings. The molecule has 9 heteroatoms. The molecule has 1 saturated carbocycles. The molecule has 1 aliphatic carbocycles. The Bertz CT molecular complexity index is 1050. The number of rotatable bonds is 7. The van der Waals surface area contributed by atoms with Crippen molar-refractivity contribution >= 4 is 10.0 Å². The number of nitrogens with one attached hydrogen (secondary N) is 1. The Hall–Kier alpha value is -2.65. The van der Waals surface area contributed by atoms with Gasteiger partial charge in [0, 0.05) is 11.6 Å². The van der Waals surface area contributed by atoms with Gasteiger partial charge in [-0.2, -0.15) is 4.98 Å². The van der Waals surface area contributed by atoms with E-state index in [-0.39, 0.29) is 28.9 Å². The normalized spacial score (nSPS) is 14.6. The maximum absolute atomic E-state index is 12.2. The van der Waals surface area contributed by atoms with Gasteiger partial charge in [0.2, 0.25) is 10.9 Å². The van der Waals surface area contributed by atoms with E-state index in [0.29, 0.717) is 11.6 Å². The van der Waals surface area contributed by atoms with Gasteiger partial charge in [0.25, 0.3) is 15.9 Å². The minimum absolute atomic E-state index is 0.00103. The highest BCUT2D eigenvalue weighted by atomic mass is 32.2. The van der Waals surface area contributed by atoms with Gasteiger partial charge in [0.1, 0.15) is 5.75 Å². The lowest BCUT2D eigenvalue weighted by molar-refractivity contribution is 0.242. The van der Waals surface area contributed by atoms with Crippen LogP contribution in [-0.2, 0) is 10.0 Å². The number of furan rings is 1. The van der Waals surface area contributed by atoms with E-state index in [2.05, 4.69) is 14.9 Å². The first-order valence-corrected chi connectivity index (χ1v) is 10.1. The van der Waals surface area contributed by atoms with Crippen molar-refractivity contribution in [2.75, 3.05) is 0 Å². The average molecular weight is 389 g/mol. The van der Waals surface area contributed by atoms with Crippen LogP contribution in [0, 0.1) is 0 Å². The monoisotopic (exact) mass is 389 g/mol. The van der Waals surface area contributed by atoms with Crippen LogP contribution >= 0.6 is 0 Å². The SMILES string of the molecule is CC(C)Oc1cccc(-c2noc(-c3ccc(S(=O)(=O)NC4CC4)o3)n2)c1. The highest BCUT2D eigenvalue weighted by molar-refractivity contribution is 7.89. The molecule has 2 aromatic heterocycles. The summed E-state index contributed by atoms with van der Waals surface area (Å²) in [6.45, 7) is 3.89. The fourth-order valence-corrected chi connectivity index (χ4v) is 3.72. The van der Waals surface area contributed by atoms with E-state index in [1.54, 1.807) is 0 Å². The van der Waals surface area contributed by atoms with Crippen molar-refractivity contribution in [1.29, 1.82) is 0 Å². The van der Waals surface area contributed by atoms with Gasteiger partial charge in [-0.25, -0.2) is 13.1 Å². The number of aromatic nitrogens is 2. The molecule has 0 spiro atoms. The molecule has 27 heavy (non-hydrogen) atoms. The Morgan fingerprint density at radius 2 is 2.04 bits per heavy atom. The maximum atomic E-state index is 12.2. The molecule has 0 aliphatic heterocycles. The van der Waals surface area contributed by atoms with Gasteiger partial charge < -0.3 is 13.7 Å². The number of benzene rings is 1. The van der Waals surface area contributed by atoms with Gasteiger partial charge in [0.15, 0.2) is 5.76 Å². The average Bonchev–Trinajstić information content (AvgIpc) is 3.12. The summed E-state index contributed by atoms with van der Waals surface area (Å²) in [6, 6.07) is 10.2. The van der Waals surface area contributed by atoms with Gasteiger partial charge in [-0.3, -0.25) is 0 Å². The Balaban J connectivity index is 1.56. The second-order valence-corrected chi connectivity index (χ2v) is 8.28. The predicted molar refractivity (Wildman–Crippen MR) is 96.5 cm³/mol. The molecular formula is C18H19N3O5S. The van der Waals surface area contributed by atoms with Crippen LogP contribution in [-0.4, -0.2) is 30.7 Å². The zero-order chi connectivity index (χ0) is 19.0. The molecule has 0 amide bonds. The number of hydrogen-bond acceptors (Lipinski definition) is 7. The fraction of sp³-hybridized carbons (Fsp3) is 0.333. The third kappa shape index (κ3) is 4.04. The molecule has 0 atom stereocenters. The summed E-state index contributed by atoms with van der Waals surface area (Å²) in [5.41, 5.74) is 0.720. The van der Waals surface area contributed by atoms with Crippen molar-refractivity contribution in [2.45, 2.75) is 43.9 Å². The van der Waals surface area contributed by atoms with Crippen molar-refractivity contribution < 1.29 is 22.1 Å². The summed E-state index contributed by atoms with van der Waals surface area (Å²) in [7, 11) is -3.67. The van der Waals surface area contributed by atoms with E-state index in [1.165, 1.54) is 12.1 Å². The molecule has 4 rings (SSSR count). The quantitative estimate of drug-likeness (QED) is 0.661. The van der Waals surface area contributed by atoms with E-state index < -0.39 is 10.0 Å². The van der Waals surface area contributed by atoms with Crippen LogP contribution in [0.15, 0.2) is 50.4 Å². The van der Waals surface area contributed by atoms with Gasteiger partial charge >= 0.3 is 0 Å². The third-order valence-corrected chi connectivity index (χ3v) is 5.24. The van der Waals surface area contributed by atoms with Gasteiger partial charge in [-0.15, -0.1) is 0 Å². The second-order valence-electron chi connectivity index (χ2n) is 6.63. The largest absolute Gasteiger partial charge is 0.491 e. The molecule has 8 nitrogen and oxygen atoms in total. The summed E-state index contributed by atoms with van der Waals surface area (Å²) < 4.78 is 43.3. The lowest BCUT2D eigenvalue weighted by atomic mass is 10.2. The first-order valence-electron chi connectivity index (χ1n) is 8.64. The van der Waals surface area contributed by atoms with Crippen LogP contribution in [0.4, 0.5) is 0 Å². The third-order valence-electron chi connectivity index (χ3n) is 3.85. The van der Waals surface area contributed by atoms with Crippen molar-refractivity contribution in [3.05, 3.63) is 36.4 Å². The van der Waals surface area contributed by atoms with E-state index in [4.69, 9.17) is 13.7 Å². The van der Waals surface area contributed by atoms with Crippen LogP contribution in [0.1, 0.15) is 26.7 Å². The summed E-state index contributed by atoms with van der Waals surface area (Å²) in [4.78, 5) is 4.30. The summed E-state index contributed by atoms with van der Waals surface area (Å²) in [5.74, 6) is 1.36. The molecule has 0 radical (unpaired) electrons. The zero-order valence-electron chi connectivity index (χ0n) is 14.9. The topological polar surface area (TPSA) is 107 Å². The number of nitrogens with zero attached hydrogens (tertiary/aromatic N) is 2. The first-order chi connectivity index (χ1) is 12.9. The highest BCUT2D eigenvalue weighted by Crippen LogP contribution is 2.28. The van der Waals surface area contributed by atoms with Crippen LogP contribution in [0.3, 0.4) is 0 Å². The minimum Gasteiger partial charge on any atom is -0.491 e. The second kappa shape index (κ2) is 6.82. The Kier molecular flexibility index (Phi) is 4.48. The molecule has 3 aromatic rings. The molecule has 0 bridgehead atoms. The van der Waals surface area contributed by atoms with Gasteiger partial charge in [-0.1, -0.05) is 17.3 Å². The van der Waals surface area contributed by atoms with Crippen molar-refractivity contribution in [1.82, 2.24) is 14.9 Å². The maximum Gasteiger partial charge on any atom is 0.293 e. The fourth-order valence-electron chi connectivity index (χ4n) is 2.48. The van der Waals surface area contributed by atoms with E-state index in [9.17, 15) is 8.42 Å². The number of sulfonamides is 1. The molecule has 1 N–H and O–H groups in total. The molecule has 1 aromatic carbocycles. The van der Waals surface area contributed by atoms with Crippen molar-refractivity contribution in [3.8, 4) is 28.8 Å². The molecule has 0 saturated heterocycles. The summed E-state index contributed by atoms with van der Waals surface area (Å²) in [6.07, 6.45) is 1.74. The lowest BCUT2D eigenvalue weighted by Gasteiger charge is -2.09. The molecule has 0 unspecified atom stereocenters. The molecular weight excluding hydrogens is 370 g/mol. The smallest absolute Gasteiger partial charge is 0.293 e. The summed E-state index contributed by atoms with van der Waals surface area (Å²) >= 11 is 0. The van der Waals surface area contributed by atoms with Crippen LogP contribution in [0.25, 0.3) is 23.0 Å². The zero-order valence-corrected chi connectivity index (χ0v) is 15.7. The van der Waals surface area contributed by atoms with E-state index >= 15 is 0 Å². The molecule has 142 valence electrons. The van der Waals surface area contributed by atoms with E-state index in [0.717, 1.165) is 18.4 Å². The first kappa shape index (κ1) is 17.7. The van der Waals surface area contributed by atoms with Crippen molar-refractivity contribution in [3.63, 3.8) is 0 Å².